The number of rotatable bonds is 7. The summed E-state index contributed by atoms with van der Waals surface area (Å²) in [6, 6.07) is 20.4. The Bertz CT molecular complexity index is 1660. The van der Waals surface area contributed by atoms with Crippen LogP contribution in [0.5, 0.6) is 17.2 Å². The number of fused-ring (bicyclic) bond motifs is 2. The number of methoxy groups -OCH3 is 2. The minimum absolute atomic E-state index is 0.223. The molecule has 1 aromatic heterocycles. The molecule has 2 unspecified atom stereocenters. The fraction of sp³-hybridized carbons (Fsp3) is 0.233. The monoisotopic (exact) mass is 574 g/mol. The average molecular weight is 575 g/mol. The minimum atomic E-state index is -0.693. The first-order valence-corrected chi connectivity index (χ1v) is 14.4. The van der Waals surface area contributed by atoms with Crippen LogP contribution >= 0.6 is 23.1 Å². The Morgan fingerprint density at radius 2 is 1.68 bits per heavy atom. The molecule has 1 fully saturated rings. The molecule has 3 heterocycles. The van der Waals surface area contributed by atoms with Crippen molar-refractivity contribution in [2.24, 2.45) is 5.92 Å². The molecule has 1 saturated heterocycles. The number of amides is 2. The van der Waals surface area contributed by atoms with Crippen LogP contribution in [0, 0.1) is 12.8 Å². The van der Waals surface area contributed by atoms with E-state index in [1.165, 1.54) is 16.7 Å². The summed E-state index contributed by atoms with van der Waals surface area (Å²) < 4.78 is 17.0. The van der Waals surface area contributed by atoms with Crippen molar-refractivity contribution in [1.82, 2.24) is 4.98 Å². The highest BCUT2D eigenvalue weighted by atomic mass is 32.2. The van der Waals surface area contributed by atoms with Crippen molar-refractivity contribution < 1.29 is 23.8 Å². The van der Waals surface area contributed by atoms with Crippen LogP contribution in [0.1, 0.15) is 27.5 Å². The molecule has 0 bridgehead atoms. The molecule has 3 aromatic carbocycles. The van der Waals surface area contributed by atoms with Crippen molar-refractivity contribution in [3.63, 3.8) is 0 Å². The zero-order chi connectivity index (χ0) is 28.0. The van der Waals surface area contributed by atoms with Crippen LogP contribution in [0.15, 0.2) is 76.6 Å². The van der Waals surface area contributed by atoms with E-state index >= 15 is 0 Å². The zero-order valence-electron chi connectivity index (χ0n) is 22.0. The van der Waals surface area contributed by atoms with E-state index in [4.69, 9.17) is 14.2 Å². The second kappa shape index (κ2) is 10.5. The number of H-pyrrole nitrogens is 1. The van der Waals surface area contributed by atoms with E-state index in [-0.39, 0.29) is 16.7 Å². The maximum Gasteiger partial charge on any atom is 0.305 e. The van der Waals surface area contributed by atoms with Crippen molar-refractivity contribution in [2.45, 2.75) is 29.7 Å². The molecular weight excluding hydrogens is 548 g/mol. The van der Waals surface area contributed by atoms with Gasteiger partial charge in [-0.05, 0) is 60.0 Å². The number of hydrogen-bond donors (Lipinski definition) is 1. The molecule has 2 amide bonds. The van der Waals surface area contributed by atoms with Crippen LogP contribution in [0.4, 0.5) is 5.69 Å². The first-order valence-electron chi connectivity index (χ1n) is 12.7. The topological polar surface area (TPSA) is 97.9 Å². The van der Waals surface area contributed by atoms with Crippen LogP contribution < -0.4 is 24.0 Å². The molecule has 10 heteroatoms. The molecular formula is C30H26N2O6S2. The van der Waals surface area contributed by atoms with Gasteiger partial charge in [0.15, 0.2) is 11.5 Å². The number of aryl methyl sites for hydroxylation is 1. The second-order valence-corrected chi connectivity index (χ2v) is 11.8. The lowest BCUT2D eigenvalue weighted by Gasteiger charge is -2.30. The summed E-state index contributed by atoms with van der Waals surface area (Å²) in [5.41, 5.74) is 3.45. The number of aromatic nitrogens is 1. The summed E-state index contributed by atoms with van der Waals surface area (Å²) in [5.74, 6) is -0.113. The summed E-state index contributed by atoms with van der Waals surface area (Å²) >= 11 is 2.32. The van der Waals surface area contributed by atoms with E-state index in [1.807, 2.05) is 49.4 Å². The first kappa shape index (κ1) is 26.2. The number of ether oxygens (including phenoxy) is 3. The third-order valence-electron chi connectivity index (χ3n) is 7.35. The zero-order valence-corrected chi connectivity index (χ0v) is 23.6. The molecule has 3 atom stereocenters. The Balaban J connectivity index is 1.37. The van der Waals surface area contributed by atoms with Crippen molar-refractivity contribution >= 4 is 40.6 Å². The molecule has 2 aliphatic heterocycles. The van der Waals surface area contributed by atoms with Gasteiger partial charge >= 0.3 is 4.87 Å². The smallest absolute Gasteiger partial charge is 0.305 e. The van der Waals surface area contributed by atoms with Crippen LogP contribution in [0.25, 0.3) is 0 Å². The number of thiazole rings is 1. The lowest BCUT2D eigenvalue weighted by Crippen LogP contribution is -2.32. The molecule has 1 N–H and O–H groups in total. The van der Waals surface area contributed by atoms with Crippen molar-refractivity contribution in [2.75, 3.05) is 19.1 Å². The molecule has 0 radical (unpaired) electrons. The molecule has 2 aliphatic rings. The quantitative estimate of drug-likeness (QED) is 0.306. The average Bonchev–Trinajstić information content (AvgIpc) is 3.46. The van der Waals surface area contributed by atoms with E-state index < -0.39 is 17.1 Å². The lowest BCUT2D eigenvalue weighted by molar-refractivity contribution is -0.122. The Hall–Kier alpha value is -4.02. The molecule has 204 valence electrons. The highest BCUT2D eigenvalue weighted by molar-refractivity contribution is 8.00. The number of carbonyl (C=O) groups excluding carboxylic acids is 2. The maximum absolute atomic E-state index is 13.9. The van der Waals surface area contributed by atoms with Crippen molar-refractivity contribution in [3.05, 3.63) is 98.0 Å². The van der Waals surface area contributed by atoms with Crippen LogP contribution in [0.2, 0.25) is 0 Å². The summed E-state index contributed by atoms with van der Waals surface area (Å²) in [7, 11) is 3.12. The van der Waals surface area contributed by atoms with Gasteiger partial charge in [-0.15, -0.1) is 0 Å². The van der Waals surface area contributed by atoms with Gasteiger partial charge in [-0.1, -0.05) is 53.4 Å². The number of thioether (sulfide) groups is 1. The third kappa shape index (κ3) is 4.47. The first-order chi connectivity index (χ1) is 19.4. The van der Waals surface area contributed by atoms with Gasteiger partial charge in [-0.25, -0.2) is 4.90 Å². The van der Waals surface area contributed by atoms with Gasteiger partial charge in [0, 0.05) is 10.8 Å². The highest BCUT2D eigenvalue weighted by Gasteiger charge is 2.56. The van der Waals surface area contributed by atoms with Crippen LogP contribution in [0.3, 0.4) is 0 Å². The molecule has 0 saturated carbocycles. The number of anilines is 1. The largest absolute Gasteiger partial charge is 0.497 e. The number of nitrogens with one attached hydrogen (secondary N) is 1. The molecule has 40 heavy (non-hydrogen) atoms. The van der Waals surface area contributed by atoms with E-state index in [0.717, 1.165) is 32.9 Å². The molecule has 0 aliphatic carbocycles. The van der Waals surface area contributed by atoms with E-state index in [2.05, 4.69) is 4.98 Å². The number of carbonyl (C=O) groups is 2. The summed E-state index contributed by atoms with van der Waals surface area (Å²) in [6.45, 7) is 2.41. The van der Waals surface area contributed by atoms with Gasteiger partial charge in [0.25, 0.3) is 0 Å². The maximum atomic E-state index is 13.9. The Morgan fingerprint density at radius 3 is 2.40 bits per heavy atom. The van der Waals surface area contributed by atoms with Crippen LogP contribution in [-0.2, 0) is 16.2 Å². The predicted molar refractivity (Wildman–Crippen MR) is 154 cm³/mol. The normalized spacial score (nSPS) is 19.8. The second-order valence-electron chi connectivity index (χ2n) is 9.59. The molecule has 6 rings (SSSR count). The predicted octanol–water partition coefficient (Wildman–Crippen LogP) is 5.14. The third-order valence-corrected chi connectivity index (χ3v) is 9.75. The van der Waals surface area contributed by atoms with Gasteiger partial charge in [-0.3, -0.25) is 14.4 Å². The van der Waals surface area contributed by atoms with Gasteiger partial charge in [-0.2, -0.15) is 0 Å². The summed E-state index contributed by atoms with van der Waals surface area (Å²) in [4.78, 5) is 44.6. The fourth-order valence-corrected chi connectivity index (χ4v) is 7.80. The number of imide groups is 1. The van der Waals surface area contributed by atoms with Crippen molar-refractivity contribution in [3.8, 4) is 17.2 Å². The summed E-state index contributed by atoms with van der Waals surface area (Å²) in [6.07, 6.45) is 0. The molecule has 8 nitrogen and oxygen atoms in total. The van der Waals surface area contributed by atoms with Crippen molar-refractivity contribution in [1.29, 1.82) is 0 Å². The summed E-state index contributed by atoms with van der Waals surface area (Å²) in [5, 5.41) is -0.0573. The minimum Gasteiger partial charge on any atom is -0.497 e. The van der Waals surface area contributed by atoms with E-state index in [1.54, 1.807) is 38.5 Å². The van der Waals surface area contributed by atoms with Gasteiger partial charge in [0.1, 0.15) is 17.6 Å². The number of aromatic amines is 1. The Kier molecular flexibility index (Phi) is 6.89. The number of nitrogens with zero attached hydrogens (tertiary/aromatic N) is 1. The fourth-order valence-electron chi connectivity index (χ4n) is 5.29. The molecule has 0 spiro atoms. The van der Waals surface area contributed by atoms with Gasteiger partial charge in [0.2, 0.25) is 11.8 Å². The highest BCUT2D eigenvalue weighted by Crippen LogP contribution is 2.53. The lowest BCUT2D eigenvalue weighted by atomic mass is 9.83. The SMILES string of the molecule is COc1ccc(N2C(=O)C3Sc4[nH]c(=O)sc4[C@H](c4ccc(OCc5ccccc5C)c(OC)c4)C3C2=O)cc1. The molecule has 4 aromatic rings. The number of hydrogen-bond acceptors (Lipinski definition) is 8. The Morgan fingerprint density at radius 1 is 0.900 bits per heavy atom. The van der Waals surface area contributed by atoms with Gasteiger partial charge in [0.05, 0.1) is 30.9 Å². The number of benzene rings is 3. The van der Waals surface area contributed by atoms with E-state index in [9.17, 15) is 14.4 Å². The standard InChI is InChI=1S/C30H26N2O6S2/c1-16-6-4-5-7-18(16)15-38-21-13-8-17(14-22(21)37-3)23-24-26(39-27-25(23)40-30(35)31-27)29(34)32(28(24)33)19-9-11-20(36-2)12-10-19/h4-14,23-24,26H,15H2,1-3H3,(H,31,35)/t23-,24?,26?/m1/s1. The Labute approximate surface area is 238 Å². The van der Waals surface area contributed by atoms with E-state index in [0.29, 0.717) is 34.6 Å². The van der Waals surface area contributed by atoms with Crippen LogP contribution in [-0.4, -0.2) is 36.3 Å². The van der Waals surface area contributed by atoms with Gasteiger partial charge < -0.3 is 19.2 Å².